The Balaban J connectivity index is 2.42. The van der Waals surface area contributed by atoms with E-state index in [4.69, 9.17) is 0 Å². The van der Waals surface area contributed by atoms with Gasteiger partial charge >= 0.3 is 0 Å². The largest absolute Gasteiger partial charge is 0.358 e. The maximum Gasteiger partial charge on any atom is 0.165 e. The van der Waals surface area contributed by atoms with Gasteiger partial charge in [0.25, 0.3) is 0 Å². The summed E-state index contributed by atoms with van der Waals surface area (Å²) < 4.78 is 13.3. The number of H-pyrrole nitrogens is 1. The molecule has 0 radical (unpaired) electrons. The van der Waals surface area contributed by atoms with Crippen LogP contribution in [0.15, 0.2) is 12.1 Å². The molecule has 1 aliphatic rings. The maximum absolute atomic E-state index is 13.3. The zero-order valence-electron chi connectivity index (χ0n) is 9.06. The van der Waals surface area contributed by atoms with Gasteiger partial charge in [-0.25, -0.2) is 4.39 Å². The predicted molar refractivity (Wildman–Crippen MR) is 60.3 cm³/mol. The lowest BCUT2D eigenvalue weighted by atomic mass is 9.94. The van der Waals surface area contributed by atoms with E-state index in [0.717, 1.165) is 35.0 Å². The molecule has 0 spiro atoms. The van der Waals surface area contributed by atoms with Gasteiger partial charge in [0.05, 0.1) is 0 Å². The van der Waals surface area contributed by atoms with Crippen molar-refractivity contribution in [1.82, 2.24) is 4.98 Å². The lowest BCUT2D eigenvalue weighted by Gasteiger charge is -2.09. The van der Waals surface area contributed by atoms with Gasteiger partial charge in [0.15, 0.2) is 5.78 Å². The van der Waals surface area contributed by atoms with Crippen LogP contribution in [0.3, 0.4) is 0 Å². The number of hydrogen-bond acceptors (Lipinski definition) is 1. The van der Waals surface area contributed by atoms with E-state index in [1.807, 2.05) is 6.92 Å². The zero-order valence-corrected chi connectivity index (χ0v) is 9.06. The Morgan fingerprint density at radius 3 is 2.94 bits per heavy atom. The van der Waals surface area contributed by atoms with Gasteiger partial charge in [-0.05, 0) is 37.5 Å². The van der Waals surface area contributed by atoms with Gasteiger partial charge in [0.2, 0.25) is 0 Å². The molecule has 0 unspecified atom stereocenters. The van der Waals surface area contributed by atoms with Crippen LogP contribution in [-0.2, 0) is 6.42 Å². The molecule has 1 N–H and O–H groups in total. The van der Waals surface area contributed by atoms with Gasteiger partial charge in [0.1, 0.15) is 5.82 Å². The maximum atomic E-state index is 13.3. The first kappa shape index (κ1) is 9.58. The van der Waals surface area contributed by atoms with Crippen LogP contribution in [0.25, 0.3) is 10.9 Å². The number of nitrogens with one attached hydrogen (secondary N) is 1. The predicted octanol–water partition coefficient (Wildman–Crippen LogP) is 3.13. The number of fused-ring (bicyclic) bond motifs is 3. The number of benzene rings is 1. The Labute approximate surface area is 92.5 Å². The molecule has 0 bridgehead atoms. The van der Waals surface area contributed by atoms with Crippen molar-refractivity contribution >= 4 is 16.7 Å². The minimum absolute atomic E-state index is 0.137. The third kappa shape index (κ3) is 1.21. The monoisotopic (exact) mass is 217 g/mol. The molecule has 2 nitrogen and oxygen atoms in total. The minimum Gasteiger partial charge on any atom is -0.358 e. The number of ketones is 1. The highest BCUT2D eigenvalue weighted by atomic mass is 19.1. The molecule has 1 heterocycles. The molecule has 2 aromatic rings. The van der Waals surface area contributed by atoms with E-state index in [2.05, 4.69) is 4.98 Å². The van der Waals surface area contributed by atoms with E-state index < -0.39 is 0 Å². The second-order valence-electron chi connectivity index (χ2n) is 4.40. The summed E-state index contributed by atoms with van der Waals surface area (Å²) in [4.78, 5) is 15.1. The van der Waals surface area contributed by atoms with Crippen LogP contribution in [0.4, 0.5) is 4.39 Å². The van der Waals surface area contributed by atoms with E-state index in [1.165, 1.54) is 12.1 Å². The molecule has 0 amide bonds. The normalized spacial score (nSPS) is 15.5. The van der Waals surface area contributed by atoms with Crippen molar-refractivity contribution in [3.05, 3.63) is 34.8 Å². The number of aromatic amines is 1. The SMILES string of the molecule is Cc1cc(F)cc2c3c([nH]c12)CCCC3=O. The molecule has 0 aliphatic heterocycles. The molecule has 1 aromatic heterocycles. The Morgan fingerprint density at radius 1 is 1.31 bits per heavy atom. The van der Waals surface area contributed by atoms with E-state index in [0.29, 0.717) is 12.0 Å². The number of rotatable bonds is 0. The van der Waals surface area contributed by atoms with Crippen LogP contribution in [-0.4, -0.2) is 10.8 Å². The second-order valence-corrected chi connectivity index (χ2v) is 4.40. The average Bonchev–Trinajstić information content (AvgIpc) is 2.58. The van der Waals surface area contributed by atoms with Crippen LogP contribution in [0.1, 0.15) is 34.5 Å². The third-order valence-electron chi connectivity index (χ3n) is 3.26. The summed E-state index contributed by atoms with van der Waals surface area (Å²) in [5, 5.41) is 0.747. The lowest BCUT2D eigenvalue weighted by molar-refractivity contribution is 0.0974. The van der Waals surface area contributed by atoms with Gasteiger partial charge in [0, 0.05) is 28.6 Å². The van der Waals surface area contributed by atoms with Gasteiger partial charge in [-0.3, -0.25) is 4.79 Å². The molecule has 3 heteroatoms. The Bertz CT molecular complexity index is 597. The fourth-order valence-electron chi connectivity index (χ4n) is 2.54. The number of halogens is 1. The first-order valence-electron chi connectivity index (χ1n) is 5.50. The summed E-state index contributed by atoms with van der Waals surface area (Å²) in [6.07, 6.45) is 2.35. The number of aromatic nitrogens is 1. The van der Waals surface area contributed by atoms with Gasteiger partial charge in [-0.15, -0.1) is 0 Å². The van der Waals surface area contributed by atoms with Crippen LogP contribution in [0.2, 0.25) is 0 Å². The molecule has 0 saturated carbocycles. The molecule has 82 valence electrons. The van der Waals surface area contributed by atoms with E-state index in [9.17, 15) is 9.18 Å². The molecule has 0 fully saturated rings. The molecular weight excluding hydrogens is 205 g/mol. The van der Waals surface area contributed by atoms with Crippen LogP contribution < -0.4 is 0 Å². The van der Waals surface area contributed by atoms with Crippen molar-refractivity contribution < 1.29 is 9.18 Å². The highest BCUT2D eigenvalue weighted by molar-refractivity contribution is 6.10. The van der Waals surface area contributed by atoms with Gasteiger partial charge < -0.3 is 4.98 Å². The van der Waals surface area contributed by atoms with E-state index in [-0.39, 0.29) is 11.6 Å². The Morgan fingerprint density at radius 2 is 2.12 bits per heavy atom. The highest BCUT2D eigenvalue weighted by Gasteiger charge is 2.23. The third-order valence-corrected chi connectivity index (χ3v) is 3.26. The van der Waals surface area contributed by atoms with E-state index >= 15 is 0 Å². The molecule has 1 aliphatic carbocycles. The summed E-state index contributed by atoms with van der Waals surface area (Å²) in [6, 6.07) is 2.95. The van der Waals surface area contributed by atoms with Crippen molar-refractivity contribution in [2.24, 2.45) is 0 Å². The second kappa shape index (κ2) is 3.17. The van der Waals surface area contributed by atoms with Crippen molar-refractivity contribution in [2.45, 2.75) is 26.2 Å². The number of aryl methyl sites for hydroxylation is 2. The molecule has 1 aromatic carbocycles. The van der Waals surface area contributed by atoms with Crippen LogP contribution in [0.5, 0.6) is 0 Å². The van der Waals surface area contributed by atoms with Gasteiger partial charge in [-0.1, -0.05) is 0 Å². The summed E-state index contributed by atoms with van der Waals surface area (Å²) in [5.74, 6) is -0.136. The summed E-state index contributed by atoms with van der Waals surface area (Å²) >= 11 is 0. The van der Waals surface area contributed by atoms with Crippen molar-refractivity contribution in [3.63, 3.8) is 0 Å². The Hall–Kier alpha value is -1.64. The standard InChI is InChI=1S/C13H12FNO/c1-7-5-8(14)6-9-12-10(15-13(7)9)3-2-4-11(12)16/h5-6,15H,2-4H2,1H3. The molecular formula is C13H12FNO. The summed E-state index contributed by atoms with van der Waals surface area (Å²) in [5.41, 5.74) is 3.45. The van der Waals surface area contributed by atoms with Crippen LogP contribution in [0, 0.1) is 12.7 Å². The number of hydrogen-bond donors (Lipinski definition) is 1. The minimum atomic E-state index is -0.273. The molecule has 3 rings (SSSR count). The smallest absolute Gasteiger partial charge is 0.165 e. The van der Waals surface area contributed by atoms with Gasteiger partial charge in [-0.2, -0.15) is 0 Å². The summed E-state index contributed by atoms with van der Waals surface area (Å²) in [7, 11) is 0. The van der Waals surface area contributed by atoms with Crippen molar-refractivity contribution in [1.29, 1.82) is 0 Å². The average molecular weight is 217 g/mol. The first-order chi connectivity index (χ1) is 7.66. The zero-order chi connectivity index (χ0) is 11.3. The molecule has 0 saturated heterocycles. The number of carbonyl (C=O) groups excluding carboxylic acids is 1. The fraction of sp³-hybridized carbons (Fsp3) is 0.308. The quantitative estimate of drug-likeness (QED) is 0.722. The first-order valence-corrected chi connectivity index (χ1v) is 5.50. The van der Waals surface area contributed by atoms with Crippen molar-refractivity contribution in [2.75, 3.05) is 0 Å². The topological polar surface area (TPSA) is 32.9 Å². The Kier molecular flexibility index (Phi) is 1.90. The number of Topliss-reactive ketones (excluding diaryl/α,β-unsaturated/α-hetero) is 1. The highest BCUT2D eigenvalue weighted by Crippen LogP contribution is 2.31. The molecule has 0 atom stereocenters. The summed E-state index contributed by atoms with van der Waals surface area (Å²) in [6.45, 7) is 1.86. The van der Waals surface area contributed by atoms with Crippen molar-refractivity contribution in [3.8, 4) is 0 Å². The lowest BCUT2D eigenvalue weighted by Crippen LogP contribution is -2.09. The number of carbonyl (C=O) groups is 1. The van der Waals surface area contributed by atoms with E-state index in [1.54, 1.807) is 0 Å². The molecule has 16 heavy (non-hydrogen) atoms. The fourth-order valence-corrected chi connectivity index (χ4v) is 2.54. The van der Waals surface area contributed by atoms with Crippen LogP contribution >= 0.6 is 0 Å².